The van der Waals surface area contributed by atoms with Crippen molar-refractivity contribution in [3.05, 3.63) is 41.3 Å². The second-order valence-electron chi connectivity index (χ2n) is 4.09. The minimum Gasteiger partial charge on any atom is -0.496 e. The summed E-state index contributed by atoms with van der Waals surface area (Å²) in [5.74, 6) is 0.878. The number of nitrogens with zero attached hydrogens (tertiary/aromatic N) is 2. The topological polar surface area (TPSA) is 52.1 Å². The maximum atomic E-state index is 10.7. The lowest BCUT2D eigenvalue weighted by Crippen LogP contribution is -1.95. The predicted octanol–water partition coefficient (Wildman–Crippen LogP) is 2.58. The summed E-state index contributed by atoms with van der Waals surface area (Å²) in [4.78, 5) is 18.8. The minimum atomic E-state index is 0.381. The van der Waals surface area contributed by atoms with Gasteiger partial charge in [0.15, 0.2) is 6.29 Å². The molecule has 92 valence electrons. The third-order valence-corrected chi connectivity index (χ3v) is 2.77. The third-order valence-electron chi connectivity index (χ3n) is 2.77. The number of ether oxygens (including phenoxy) is 1. The van der Waals surface area contributed by atoms with Crippen molar-refractivity contribution in [3.63, 3.8) is 0 Å². The van der Waals surface area contributed by atoms with Crippen LogP contribution in [0, 0.1) is 13.8 Å². The quantitative estimate of drug-likeness (QED) is 0.776. The molecule has 0 atom stereocenters. The number of rotatable bonds is 3. The molecular formula is C14H14N2O2. The number of aryl methyl sites for hydroxylation is 2. The molecule has 0 aliphatic rings. The average Bonchev–Trinajstić information content (AvgIpc) is 2.38. The SMILES string of the molecule is COc1c(C)cc(-c2cc(C=O)ncn2)cc1C. The van der Waals surface area contributed by atoms with Crippen molar-refractivity contribution in [1.29, 1.82) is 0 Å². The molecule has 0 saturated heterocycles. The van der Waals surface area contributed by atoms with E-state index < -0.39 is 0 Å². The molecule has 1 aromatic heterocycles. The van der Waals surface area contributed by atoms with Crippen molar-refractivity contribution in [1.82, 2.24) is 9.97 Å². The number of benzene rings is 1. The molecule has 4 heteroatoms. The Hall–Kier alpha value is -2.23. The lowest BCUT2D eigenvalue weighted by atomic mass is 10.0. The number of methoxy groups -OCH3 is 1. The Kier molecular flexibility index (Phi) is 3.37. The van der Waals surface area contributed by atoms with E-state index in [1.807, 2.05) is 26.0 Å². The summed E-state index contributed by atoms with van der Waals surface area (Å²) in [7, 11) is 1.66. The van der Waals surface area contributed by atoms with Gasteiger partial charge >= 0.3 is 0 Å². The molecule has 0 aliphatic carbocycles. The molecule has 4 nitrogen and oxygen atoms in total. The zero-order valence-corrected chi connectivity index (χ0v) is 10.6. The highest BCUT2D eigenvalue weighted by Crippen LogP contribution is 2.28. The summed E-state index contributed by atoms with van der Waals surface area (Å²) < 4.78 is 5.32. The van der Waals surface area contributed by atoms with Gasteiger partial charge in [-0.15, -0.1) is 0 Å². The average molecular weight is 242 g/mol. The first kappa shape index (κ1) is 12.2. The van der Waals surface area contributed by atoms with Gasteiger partial charge in [0.2, 0.25) is 0 Å². The van der Waals surface area contributed by atoms with Crippen LogP contribution in [0.5, 0.6) is 5.75 Å². The van der Waals surface area contributed by atoms with E-state index in [2.05, 4.69) is 9.97 Å². The summed E-state index contributed by atoms with van der Waals surface area (Å²) in [6, 6.07) is 5.65. The van der Waals surface area contributed by atoms with Crippen LogP contribution < -0.4 is 4.74 Å². The van der Waals surface area contributed by atoms with Crippen LogP contribution in [-0.4, -0.2) is 23.4 Å². The van der Waals surface area contributed by atoms with Crippen LogP contribution in [0.4, 0.5) is 0 Å². The fourth-order valence-electron chi connectivity index (χ4n) is 2.01. The normalized spacial score (nSPS) is 10.2. The van der Waals surface area contributed by atoms with Gasteiger partial charge in [0.25, 0.3) is 0 Å². The van der Waals surface area contributed by atoms with Gasteiger partial charge in [-0.25, -0.2) is 9.97 Å². The molecule has 2 rings (SSSR count). The molecule has 0 aliphatic heterocycles. The molecule has 18 heavy (non-hydrogen) atoms. The van der Waals surface area contributed by atoms with Crippen molar-refractivity contribution in [2.75, 3.05) is 7.11 Å². The van der Waals surface area contributed by atoms with E-state index in [1.165, 1.54) is 6.33 Å². The first-order chi connectivity index (χ1) is 8.65. The van der Waals surface area contributed by atoms with Crippen LogP contribution in [0.2, 0.25) is 0 Å². The van der Waals surface area contributed by atoms with Crippen molar-refractivity contribution in [3.8, 4) is 17.0 Å². The van der Waals surface area contributed by atoms with Gasteiger partial charge in [-0.3, -0.25) is 4.79 Å². The Labute approximate surface area is 106 Å². The molecule has 2 aromatic rings. The highest BCUT2D eigenvalue weighted by atomic mass is 16.5. The van der Waals surface area contributed by atoms with E-state index in [0.29, 0.717) is 12.0 Å². The molecule has 0 saturated carbocycles. The molecule has 0 N–H and O–H groups in total. The van der Waals surface area contributed by atoms with Crippen LogP contribution in [0.1, 0.15) is 21.6 Å². The Morgan fingerprint density at radius 2 is 1.78 bits per heavy atom. The number of carbonyl (C=O) groups is 1. The van der Waals surface area contributed by atoms with Crippen molar-refractivity contribution >= 4 is 6.29 Å². The molecule has 1 aromatic carbocycles. The van der Waals surface area contributed by atoms with Gasteiger partial charge in [0, 0.05) is 5.56 Å². The fourth-order valence-corrected chi connectivity index (χ4v) is 2.01. The maximum absolute atomic E-state index is 10.7. The smallest absolute Gasteiger partial charge is 0.168 e. The number of carbonyl (C=O) groups excluding carboxylic acids is 1. The van der Waals surface area contributed by atoms with Gasteiger partial charge in [-0.1, -0.05) is 0 Å². The molecule has 0 unspecified atom stereocenters. The summed E-state index contributed by atoms with van der Waals surface area (Å²) >= 11 is 0. The minimum absolute atomic E-state index is 0.381. The Balaban J connectivity index is 2.54. The number of aldehydes is 1. The van der Waals surface area contributed by atoms with E-state index in [9.17, 15) is 4.79 Å². The van der Waals surface area contributed by atoms with E-state index in [-0.39, 0.29) is 0 Å². The van der Waals surface area contributed by atoms with E-state index in [0.717, 1.165) is 28.1 Å². The lowest BCUT2D eigenvalue weighted by Gasteiger charge is -2.11. The monoisotopic (exact) mass is 242 g/mol. The Morgan fingerprint density at radius 1 is 1.11 bits per heavy atom. The molecule has 0 amide bonds. The van der Waals surface area contributed by atoms with Crippen LogP contribution in [0.15, 0.2) is 24.5 Å². The van der Waals surface area contributed by atoms with Crippen molar-refractivity contribution < 1.29 is 9.53 Å². The molecule has 0 bridgehead atoms. The predicted molar refractivity (Wildman–Crippen MR) is 68.9 cm³/mol. The van der Waals surface area contributed by atoms with Crippen molar-refractivity contribution in [2.45, 2.75) is 13.8 Å². The molecular weight excluding hydrogens is 228 g/mol. The zero-order chi connectivity index (χ0) is 13.1. The summed E-state index contributed by atoms with van der Waals surface area (Å²) in [5, 5.41) is 0. The van der Waals surface area contributed by atoms with E-state index >= 15 is 0 Å². The fraction of sp³-hybridized carbons (Fsp3) is 0.214. The summed E-state index contributed by atoms with van der Waals surface area (Å²) in [6.45, 7) is 3.97. The summed E-state index contributed by atoms with van der Waals surface area (Å²) in [5.41, 5.74) is 4.15. The van der Waals surface area contributed by atoms with Gasteiger partial charge in [0.05, 0.1) is 12.8 Å². The van der Waals surface area contributed by atoms with Crippen LogP contribution in [0.3, 0.4) is 0 Å². The standard InChI is InChI=1S/C14H14N2O2/c1-9-4-11(5-10(2)14(9)18-3)13-6-12(7-17)15-8-16-13/h4-8H,1-3H3. The number of aromatic nitrogens is 2. The number of hydrogen-bond donors (Lipinski definition) is 0. The van der Waals surface area contributed by atoms with Crippen LogP contribution in [-0.2, 0) is 0 Å². The molecule has 0 spiro atoms. The lowest BCUT2D eigenvalue weighted by molar-refractivity contribution is 0.111. The first-order valence-corrected chi connectivity index (χ1v) is 5.58. The van der Waals surface area contributed by atoms with Gasteiger partial charge < -0.3 is 4.74 Å². The molecule has 1 heterocycles. The molecule has 0 fully saturated rings. The second-order valence-corrected chi connectivity index (χ2v) is 4.09. The third kappa shape index (κ3) is 2.22. The van der Waals surface area contributed by atoms with Gasteiger partial charge in [-0.05, 0) is 43.2 Å². The highest BCUT2D eigenvalue weighted by Gasteiger charge is 2.08. The second kappa shape index (κ2) is 4.96. The Morgan fingerprint density at radius 3 is 2.33 bits per heavy atom. The number of hydrogen-bond acceptors (Lipinski definition) is 4. The van der Waals surface area contributed by atoms with Crippen LogP contribution >= 0.6 is 0 Å². The Bertz CT molecular complexity index is 571. The largest absolute Gasteiger partial charge is 0.496 e. The van der Waals surface area contributed by atoms with Crippen molar-refractivity contribution in [2.24, 2.45) is 0 Å². The van der Waals surface area contributed by atoms with Crippen LogP contribution in [0.25, 0.3) is 11.3 Å². The molecule has 0 radical (unpaired) electrons. The highest BCUT2D eigenvalue weighted by molar-refractivity contribution is 5.75. The summed E-state index contributed by atoms with van der Waals surface area (Å²) in [6.07, 6.45) is 2.11. The van der Waals surface area contributed by atoms with Gasteiger partial charge in [0.1, 0.15) is 17.8 Å². The first-order valence-electron chi connectivity index (χ1n) is 5.58. The van der Waals surface area contributed by atoms with E-state index in [1.54, 1.807) is 13.2 Å². The maximum Gasteiger partial charge on any atom is 0.168 e. The zero-order valence-electron chi connectivity index (χ0n) is 10.6. The van der Waals surface area contributed by atoms with Gasteiger partial charge in [-0.2, -0.15) is 0 Å². The van der Waals surface area contributed by atoms with E-state index in [4.69, 9.17) is 4.74 Å².